The lowest BCUT2D eigenvalue weighted by Gasteiger charge is -2.15. The van der Waals surface area contributed by atoms with Crippen molar-refractivity contribution in [1.29, 1.82) is 0 Å². The second-order valence-corrected chi connectivity index (χ2v) is 5.54. The van der Waals surface area contributed by atoms with E-state index in [9.17, 15) is 4.79 Å². The molecule has 3 N–H and O–H groups in total. The van der Waals surface area contributed by atoms with E-state index in [4.69, 9.17) is 22.7 Å². The zero-order valence-electron chi connectivity index (χ0n) is 12.7. The Bertz CT molecular complexity index is 477. The Balaban J connectivity index is 2.62. The van der Waals surface area contributed by atoms with Crippen LogP contribution in [0.2, 0.25) is 0 Å². The molecule has 1 unspecified atom stereocenters. The van der Waals surface area contributed by atoms with Crippen LogP contribution in [0, 0.1) is 5.92 Å². The molecule has 1 aromatic rings. The molecule has 4 nitrogen and oxygen atoms in total. The molecule has 1 atom stereocenters. The molecule has 0 aliphatic heterocycles. The molecule has 1 aromatic carbocycles. The van der Waals surface area contributed by atoms with E-state index in [-0.39, 0.29) is 18.4 Å². The summed E-state index contributed by atoms with van der Waals surface area (Å²) in [5.41, 5.74) is 6.13. The standard InChI is InChI=1S/C16H24N2O2S/c1-3-5-7-12(4-2)16(19)18-13-8-6-9-14(10-13)20-11-15(17)21/h6,8-10,12H,3-5,7,11H2,1-2H3,(H2,17,21)(H,18,19). The Hall–Kier alpha value is -1.62. The number of carbonyl (C=O) groups is 1. The topological polar surface area (TPSA) is 64.3 Å². The number of carbonyl (C=O) groups excluding carboxylic acids is 1. The van der Waals surface area contributed by atoms with Crippen LogP contribution in [0.5, 0.6) is 5.75 Å². The zero-order chi connectivity index (χ0) is 15.7. The highest BCUT2D eigenvalue weighted by molar-refractivity contribution is 7.80. The lowest BCUT2D eigenvalue weighted by Crippen LogP contribution is -2.22. The van der Waals surface area contributed by atoms with Gasteiger partial charge in [0.15, 0.2) is 0 Å². The Labute approximate surface area is 132 Å². The van der Waals surface area contributed by atoms with Crippen LogP contribution in [-0.4, -0.2) is 17.5 Å². The van der Waals surface area contributed by atoms with E-state index in [0.717, 1.165) is 31.4 Å². The third-order valence-corrected chi connectivity index (χ3v) is 3.37. The first-order chi connectivity index (χ1) is 10.1. The molecule has 0 aromatic heterocycles. The molecule has 0 aliphatic carbocycles. The van der Waals surface area contributed by atoms with Crippen molar-refractivity contribution >= 4 is 28.8 Å². The summed E-state index contributed by atoms with van der Waals surface area (Å²) in [4.78, 5) is 12.5. The fraction of sp³-hybridized carbons (Fsp3) is 0.500. The minimum atomic E-state index is 0.0612. The average Bonchev–Trinajstić information content (AvgIpc) is 2.46. The molecule has 0 heterocycles. The molecule has 21 heavy (non-hydrogen) atoms. The predicted molar refractivity (Wildman–Crippen MR) is 90.7 cm³/mol. The highest BCUT2D eigenvalue weighted by Crippen LogP contribution is 2.20. The van der Waals surface area contributed by atoms with Crippen LogP contribution in [0.15, 0.2) is 24.3 Å². The molecule has 5 heteroatoms. The lowest BCUT2D eigenvalue weighted by atomic mass is 9.98. The average molecular weight is 308 g/mol. The van der Waals surface area contributed by atoms with Crippen LogP contribution in [0.3, 0.4) is 0 Å². The van der Waals surface area contributed by atoms with Gasteiger partial charge in [0.05, 0.1) is 0 Å². The zero-order valence-corrected chi connectivity index (χ0v) is 13.5. The number of anilines is 1. The summed E-state index contributed by atoms with van der Waals surface area (Å²) in [6.45, 7) is 4.37. The van der Waals surface area contributed by atoms with E-state index in [0.29, 0.717) is 10.7 Å². The van der Waals surface area contributed by atoms with E-state index < -0.39 is 0 Å². The summed E-state index contributed by atoms with van der Waals surface area (Å²) in [5, 5.41) is 2.95. The van der Waals surface area contributed by atoms with Crippen LogP contribution in [0.1, 0.15) is 39.5 Å². The van der Waals surface area contributed by atoms with Crippen LogP contribution >= 0.6 is 12.2 Å². The molecule has 1 amide bonds. The van der Waals surface area contributed by atoms with Crippen molar-refractivity contribution < 1.29 is 9.53 Å². The van der Waals surface area contributed by atoms with Crippen molar-refractivity contribution in [1.82, 2.24) is 0 Å². The highest BCUT2D eigenvalue weighted by atomic mass is 32.1. The van der Waals surface area contributed by atoms with Gasteiger partial charge in [-0.15, -0.1) is 0 Å². The van der Waals surface area contributed by atoms with Crippen LogP contribution < -0.4 is 15.8 Å². The SMILES string of the molecule is CCCCC(CC)C(=O)Nc1cccc(OCC(N)=S)c1. The van der Waals surface area contributed by atoms with E-state index >= 15 is 0 Å². The Morgan fingerprint density at radius 2 is 2.19 bits per heavy atom. The number of rotatable bonds is 9. The van der Waals surface area contributed by atoms with Gasteiger partial charge in [-0.3, -0.25) is 4.79 Å². The molecule has 0 spiro atoms. The molecule has 0 aliphatic rings. The molecule has 0 fully saturated rings. The fourth-order valence-corrected chi connectivity index (χ4v) is 2.09. The van der Waals surface area contributed by atoms with Crippen molar-refractivity contribution in [2.24, 2.45) is 11.7 Å². The molecule has 0 saturated carbocycles. The molecule has 116 valence electrons. The van der Waals surface area contributed by atoms with E-state index in [2.05, 4.69) is 12.2 Å². The van der Waals surface area contributed by atoms with Gasteiger partial charge in [-0.2, -0.15) is 0 Å². The third-order valence-electron chi connectivity index (χ3n) is 3.25. The second-order valence-electron chi connectivity index (χ2n) is 5.02. The largest absolute Gasteiger partial charge is 0.486 e. The maximum atomic E-state index is 12.2. The Kier molecular flexibility index (Phi) is 7.75. The van der Waals surface area contributed by atoms with E-state index in [1.165, 1.54) is 0 Å². The van der Waals surface area contributed by atoms with Gasteiger partial charge in [-0.1, -0.05) is 45.0 Å². The molecular weight excluding hydrogens is 284 g/mol. The maximum absolute atomic E-state index is 12.2. The summed E-state index contributed by atoms with van der Waals surface area (Å²) in [5.74, 6) is 0.769. The van der Waals surface area contributed by atoms with Gasteiger partial charge in [0.2, 0.25) is 5.91 Å². The van der Waals surface area contributed by atoms with Crippen molar-refractivity contribution in [2.75, 3.05) is 11.9 Å². The van der Waals surface area contributed by atoms with Crippen molar-refractivity contribution in [2.45, 2.75) is 39.5 Å². The summed E-state index contributed by atoms with van der Waals surface area (Å²) in [6, 6.07) is 7.26. The number of ether oxygens (including phenoxy) is 1. The number of thiocarbonyl (C=S) groups is 1. The number of unbranched alkanes of at least 4 members (excludes halogenated alkanes) is 1. The van der Waals surface area contributed by atoms with E-state index in [1.54, 1.807) is 6.07 Å². The number of hydrogen-bond donors (Lipinski definition) is 2. The molecule has 0 radical (unpaired) electrons. The Morgan fingerprint density at radius 3 is 2.81 bits per heavy atom. The number of amides is 1. The number of nitrogens with two attached hydrogens (primary N) is 1. The molecular formula is C16H24N2O2S. The first-order valence-electron chi connectivity index (χ1n) is 7.38. The highest BCUT2D eigenvalue weighted by Gasteiger charge is 2.15. The van der Waals surface area contributed by atoms with Crippen LogP contribution in [0.4, 0.5) is 5.69 Å². The monoisotopic (exact) mass is 308 g/mol. The Morgan fingerprint density at radius 1 is 1.43 bits per heavy atom. The molecule has 0 bridgehead atoms. The normalized spacial score (nSPS) is 11.7. The van der Waals surface area contributed by atoms with Crippen molar-refractivity contribution in [3.63, 3.8) is 0 Å². The molecule has 0 saturated heterocycles. The second kappa shape index (κ2) is 9.34. The smallest absolute Gasteiger partial charge is 0.227 e. The minimum Gasteiger partial charge on any atom is -0.486 e. The van der Waals surface area contributed by atoms with Gasteiger partial charge >= 0.3 is 0 Å². The first kappa shape index (κ1) is 17.4. The van der Waals surface area contributed by atoms with Gasteiger partial charge in [-0.25, -0.2) is 0 Å². The van der Waals surface area contributed by atoms with Gasteiger partial charge in [0, 0.05) is 17.7 Å². The van der Waals surface area contributed by atoms with Gasteiger partial charge in [-0.05, 0) is 25.0 Å². The summed E-state index contributed by atoms with van der Waals surface area (Å²) < 4.78 is 5.42. The van der Waals surface area contributed by atoms with Crippen molar-refractivity contribution in [3.8, 4) is 5.75 Å². The van der Waals surface area contributed by atoms with Crippen molar-refractivity contribution in [3.05, 3.63) is 24.3 Å². The van der Waals surface area contributed by atoms with Crippen LogP contribution in [0.25, 0.3) is 0 Å². The van der Waals surface area contributed by atoms with Gasteiger partial charge < -0.3 is 15.8 Å². The fourth-order valence-electron chi connectivity index (χ4n) is 2.03. The predicted octanol–water partition coefficient (Wildman–Crippen LogP) is 3.51. The summed E-state index contributed by atoms with van der Waals surface area (Å²) >= 11 is 4.77. The lowest BCUT2D eigenvalue weighted by molar-refractivity contribution is -0.120. The minimum absolute atomic E-state index is 0.0612. The van der Waals surface area contributed by atoms with Crippen LogP contribution in [-0.2, 0) is 4.79 Å². The number of nitrogens with one attached hydrogen (secondary N) is 1. The number of benzene rings is 1. The summed E-state index contributed by atoms with van der Waals surface area (Å²) in [7, 11) is 0. The quantitative estimate of drug-likeness (QED) is 0.685. The van der Waals surface area contributed by atoms with Gasteiger partial charge in [0.1, 0.15) is 17.3 Å². The molecule has 1 rings (SSSR count). The van der Waals surface area contributed by atoms with Gasteiger partial charge in [0.25, 0.3) is 0 Å². The van der Waals surface area contributed by atoms with E-state index in [1.807, 2.05) is 25.1 Å². The summed E-state index contributed by atoms with van der Waals surface area (Å²) in [6.07, 6.45) is 3.95. The first-order valence-corrected chi connectivity index (χ1v) is 7.79. The third kappa shape index (κ3) is 6.58. The number of hydrogen-bond acceptors (Lipinski definition) is 3. The maximum Gasteiger partial charge on any atom is 0.227 e.